The second kappa shape index (κ2) is 12.2. The minimum atomic E-state index is -1.90. The minimum Gasteiger partial charge on any atom is -0.490 e. The Morgan fingerprint density at radius 2 is 1.82 bits per heavy atom. The van der Waals surface area contributed by atoms with Crippen LogP contribution in [0.15, 0.2) is 73.3 Å². The lowest BCUT2D eigenvalue weighted by Gasteiger charge is -2.29. The molecule has 1 heterocycles. The third-order valence-electron chi connectivity index (χ3n) is 5.71. The summed E-state index contributed by atoms with van der Waals surface area (Å²) in [6.45, 7) is -0.584. The van der Waals surface area contributed by atoms with Crippen molar-refractivity contribution < 1.29 is 23.4 Å². The molecule has 0 aliphatic rings. The Morgan fingerprint density at radius 1 is 1.08 bits per heavy atom. The van der Waals surface area contributed by atoms with Gasteiger partial charge in [0.2, 0.25) is 0 Å². The van der Waals surface area contributed by atoms with Crippen LogP contribution in [0.5, 0.6) is 5.75 Å². The van der Waals surface area contributed by atoms with Crippen LogP contribution >= 0.6 is 55.1 Å². The van der Waals surface area contributed by atoms with E-state index in [1.165, 1.54) is 17.3 Å². The van der Waals surface area contributed by atoms with E-state index in [0.717, 1.165) is 12.1 Å². The van der Waals surface area contributed by atoms with Gasteiger partial charge >= 0.3 is 0 Å². The Morgan fingerprint density at radius 3 is 2.45 bits per heavy atom. The van der Waals surface area contributed by atoms with Gasteiger partial charge in [0.1, 0.15) is 42.2 Å². The first-order valence-electron chi connectivity index (χ1n) is 11.1. The zero-order chi connectivity index (χ0) is 27.4. The zero-order valence-electron chi connectivity index (χ0n) is 19.4. The molecule has 198 valence electrons. The SMILES string of the molecule is O=C(c1ccc(OCC(O)(Cn2cncn2)c2ccc(F)cc2F)cc1)C(Br)C(Br)c1ccc(Cl)cc1Cl. The molecular weight excluding hydrogens is 671 g/mol. The van der Waals surface area contributed by atoms with Crippen LogP contribution in [0, 0.1) is 11.6 Å². The second-order valence-electron chi connectivity index (χ2n) is 8.40. The minimum absolute atomic E-state index is 0.160. The van der Waals surface area contributed by atoms with Crippen molar-refractivity contribution in [2.45, 2.75) is 21.8 Å². The Labute approximate surface area is 243 Å². The Kier molecular flexibility index (Phi) is 9.20. The number of ketones is 1. The molecule has 0 aliphatic heterocycles. The highest BCUT2D eigenvalue weighted by molar-refractivity contribution is 9.12. The highest BCUT2D eigenvalue weighted by atomic mass is 79.9. The number of aliphatic hydroxyl groups is 1. The van der Waals surface area contributed by atoms with Crippen molar-refractivity contribution in [3.05, 3.63) is 112 Å². The van der Waals surface area contributed by atoms with E-state index in [9.17, 15) is 18.7 Å². The fraction of sp³-hybridized carbons (Fsp3) is 0.192. The summed E-state index contributed by atoms with van der Waals surface area (Å²) in [7, 11) is 0. The first kappa shape index (κ1) is 28.6. The molecule has 38 heavy (non-hydrogen) atoms. The van der Waals surface area contributed by atoms with Crippen molar-refractivity contribution >= 4 is 60.8 Å². The third-order valence-corrected chi connectivity index (χ3v) is 8.94. The Bertz CT molecular complexity index is 1430. The fourth-order valence-electron chi connectivity index (χ4n) is 3.75. The number of hydrogen-bond acceptors (Lipinski definition) is 5. The van der Waals surface area contributed by atoms with Crippen LogP contribution in [0.4, 0.5) is 8.78 Å². The normalized spacial score (nSPS) is 14.5. The van der Waals surface area contributed by atoms with Crippen LogP contribution in [-0.4, -0.2) is 37.1 Å². The lowest BCUT2D eigenvalue weighted by molar-refractivity contribution is -0.0297. The Hall–Kier alpha value is -2.37. The van der Waals surface area contributed by atoms with Crippen LogP contribution in [0.1, 0.15) is 26.3 Å². The summed E-state index contributed by atoms with van der Waals surface area (Å²) in [6, 6.07) is 14.2. The van der Waals surface area contributed by atoms with Gasteiger partial charge in [0.05, 0.1) is 16.2 Å². The molecule has 1 N–H and O–H groups in total. The lowest BCUT2D eigenvalue weighted by atomic mass is 9.94. The molecule has 4 aromatic rings. The number of ether oxygens (including phenoxy) is 1. The van der Waals surface area contributed by atoms with Gasteiger partial charge in [-0.05, 0) is 48.0 Å². The lowest BCUT2D eigenvalue weighted by Crippen LogP contribution is -2.39. The van der Waals surface area contributed by atoms with Gasteiger partial charge in [-0.2, -0.15) is 5.10 Å². The summed E-state index contributed by atoms with van der Waals surface area (Å²) in [5, 5.41) is 16.2. The zero-order valence-corrected chi connectivity index (χ0v) is 24.1. The van der Waals surface area contributed by atoms with Gasteiger partial charge in [0, 0.05) is 27.2 Å². The maximum Gasteiger partial charge on any atom is 0.177 e. The molecule has 3 unspecified atom stereocenters. The summed E-state index contributed by atoms with van der Waals surface area (Å²) in [5.41, 5.74) is -0.961. The van der Waals surface area contributed by atoms with E-state index >= 15 is 0 Å². The molecule has 0 spiro atoms. The smallest absolute Gasteiger partial charge is 0.177 e. The van der Waals surface area contributed by atoms with E-state index in [1.807, 2.05) is 0 Å². The van der Waals surface area contributed by atoms with Crippen LogP contribution in [0.25, 0.3) is 0 Å². The topological polar surface area (TPSA) is 77.2 Å². The van der Waals surface area contributed by atoms with Crippen molar-refractivity contribution in [2.24, 2.45) is 0 Å². The molecule has 1 aromatic heterocycles. The molecule has 0 fully saturated rings. The van der Waals surface area contributed by atoms with Crippen molar-refractivity contribution in [3.8, 4) is 5.75 Å². The van der Waals surface area contributed by atoms with Gasteiger partial charge in [-0.3, -0.25) is 4.79 Å². The van der Waals surface area contributed by atoms with E-state index in [4.69, 9.17) is 27.9 Å². The standard InChI is InChI=1S/C26H19Br2Cl2F2N3O3/c27-23(19-7-3-16(29)9-21(19)30)24(28)25(36)15-1-5-18(6-2-15)38-12-26(37,11-35-14-33-13-34-35)20-8-4-17(31)10-22(20)32/h1-10,13-14,23-24,37H,11-12H2. The van der Waals surface area contributed by atoms with E-state index in [0.29, 0.717) is 33.0 Å². The van der Waals surface area contributed by atoms with E-state index in [-0.39, 0.29) is 24.5 Å². The summed E-state index contributed by atoms with van der Waals surface area (Å²) >= 11 is 19.2. The van der Waals surface area contributed by atoms with Crippen LogP contribution in [-0.2, 0) is 12.1 Å². The number of rotatable bonds is 10. The summed E-state index contributed by atoms with van der Waals surface area (Å²) in [4.78, 5) is 15.8. The second-order valence-corrected chi connectivity index (χ2v) is 11.2. The van der Waals surface area contributed by atoms with E-state index < -0.39 is 26.9 Å². The average Bonchev–Trinajstić information content (AvgIpc) is 3.39. The molecular formula is C26H19Br2Cl2F2N3O3. The highest BCUT2D eigenvalue weighted by Gasteiger charge is 2.35. The van der Waals surface area contributed by atoms with Gasteiger partial charge in [0.25, 0.3) is 0 Å². The van der Waals surface area contributed by atoms with E-state index in [2.05, 4.69) is 41.9 Å². The van der Waals surface area contributed by atoms with Crippen molar-refractivity contribution in [3.63, 3.8) is 0 Å². The number of aromatic nitrogens is 3. The molecule has 3 aromatic carbocycles. The Balaban J connectivity index is 1.48. The number of benzene rings is 3. The molecule has 0 saturated carbocycles. The molecule has 0 bridgehead atoms. The van der Waals surface area contributed by atoms with Crippen LogP contribution in [0.2, 0.25) is 10.0 Å². The van der Waals surface area contributed by atoms with Gasteiger partial charge in [-0.1, -0.05) is 67.2 Å². The molecule has 0 radical (unpaired) electrons. The highest BCUT2D eigenvalue weighted by Crippen LogP contribution is 2.38. The molecule has 4 rings (SSSR count). The molecule has 6 nitrogen and oxygen atoms in total. The molecule has 12 heteroatoms. The number of carbonyl (C=O) groups excluding carboxylic acids is 1. The van der Waals surface area contributed by atoms with E-state index in [1.54, 1.807) is 42.5 Å². The van der Waals surface area contributed by atoms with Gasteiger partial charge in [0.15, 0.2) is 5.78 Å². The van der Waals surface area contributed by atoms with Crippen LogP contribution in [0.3, 0.4) is 0 Å². The number of carbonyl (C=O) groups is 1. The van der Waals surface area contributed by atoms with Crippen molar-refractivity contribution in [1.82, 2.24) is 14.8 Å². The summed E-state index contributed by atoms with van der Waals surface area (Å²) in [6.07, 6.45) is 2.63. The summed E-state index contributed by atoms with van der Waals surface area (Å²) < 4.78 is 35.1. The first-order valence-corrected chi connectivity index (χ1v) is 13.7. The first-order chi connectivity index (χ1) is 18.1. The fourth-order valence-corrected chi connectivity index (χ4v) is 5.60. The largest absolute Gasteiger partial charge is 0.490 e. The molecule has 0 aliphatic carbocycles. The number of Topliss-reactive ketones (excluding diaryl/α,β-unsaturated/α-hetero) is 1. The average molecular weight is 690 g/mol. The summed E-state index contributed by atoms with van der Waals surface area (Å²) in [5.74, 6) is -1.58. The molecule has 3 atom stereocenters. The third kappa shape index (κ3) is 6.60. The number of halogens is 6. The maximum atomic E-state index is 14.6. The monoisotopic (exact) mass is 687 g/mol. The number of nitrogens with zero attached hydrogens (tertiary/aromatic N) is 3. The predicted octanol–water partition coefficient (Wildman–Crippen LogP) is 6.91. The van der Waals surface area contributed by atoms with Crippen LogP contribution < -0.4 is 4.74 Å². The number of hydrogen-bond donors (Lipinski definition) is 1. The van der Waals surface area contributed by atoms with Gasteiger partial charge < -0.3 is 9.84 Å². The number of alkyl halides is 2. The maximum absolute atomic E-state index is 14.6. The molecule has 0 saturated heterocycles. The molecule has 0 amide bonds. The quantitative estimate of drug-likeness (QED) is 0.145. The predicted molar refractivity (Wildman–Crippen MR) is 147 cm³/mol. The van der Waals surface area contributed by atoms with Gasteiger partial charge in [-0.15, -0.1) is 0 Å². The van der Waals surface area contributed by atoms with Crippen molar-refractivity contribution in [2.75, 3.05) is 6.61 Å². The van der Waals surface area contributed by atoms with Crippen molar-refractivity contribution in [1.29, 1.82) is 0 Å². The van der Waals surface area contributed by atoms with Gasteiger partial charge in [-0.25, -0.2) is 18.4 Å².